The van der Waals surface area contributed by atoms with E-state index in [9.17, 15) is 0 Å². The molecular formula is C30H29BrN4O5. The molecule has 0 bridgehead atoms. The first-order chi connectivity index (χ1) is 19.3. The van der Waals surface area contributed by atoms with Gasteiger partial charge in [-0.1, -0.05) is 17.0 Å². The molecule has 40 heavy (non-hydrogen) atoms. The number of fused-ring (bicyclic) bond motifs is 6. The fourth-order valence-corrected chi connectivity index (χ4v) is 5.36. The minimum atomic E-state index is 0. The van der Waals surface area contributed by atoms with Crippen LogP contribution in [0.5, 0.6) is 23.0 Å². The minimum Gasteiger partial charge on any atom is -1.00 e. The number of hydrogen-bond donors (Lipinski definition) is 0. The third-order valence-electron chi connectivity index (χ3n) is 7.37. The van der Waals surface area contributed by atoms with Gasteiger partial charge in [-0.25, -0.2) is 0 Å². The summed E-state index contributed by atoms with van der Waals surface area (Å²) in [6.45, 7) is 2.32. The average Bonchev–Trinajstić information content (AvgIpc) is 3.61. The van der Waals surface area contributed by atoms with Gasteiger partial charge in [0.1, 0.15) is 17.6 Å². The summed E-state index contributed by atoms with van der Waals surface area (Å²) in [7, 11) is 1.68. The van der Waals surface area contributed by atoms with E-state index in [-0.39, 0.29) is 23.8 Å². The van der Waals surface area contributed by atoms with Crippen LogP contribution >= 0.6 is 0 Å². The number of aryl methyl sites for hydroxylation is 2. The molecule has 2 aliphatic heterocycles. The van der Waals surface area contributed by atoms with Crippen molar-refractivity contribution in [1.29, 1.82) is 0 Å². The molecule has 0 spiro atoms. The number of para-hydroxylation sites is 1. The number of aromatic nitrogens is 4. The minimum absolute atomic E-state index is 0. The van der Waals surface area contributed by atoms with Crippen LogP contribution in [-0.2, 0) is 13.0 Å². The number of pyridine rings is 1. The number of benzene rings is 3. The van der Waals surface area contributed by atoms with Crippen molar-refractivity contribution in [2.24, 2.45) is 0 Å². The van der Waals surface area contributed by atoms with E-state index < -0.39 is 0 Å². The number of halogens is 1. The summed E-state index contributed by atoms with van der Waals surface area (Å²) < 4.78 is 25.5. The van der Waals surface area contributed by atoms with Gasteiger partial charge in [0.15, 0.2) is 35.7 Å². The molecule has 4 heterocycles. The highest BCUT2D eigenvalue weighted by atomic mass is 79.9. The Morgan fingerprint density at radius 1 is 0.975 bits per heavy atom. The van der Waals surface area contributed by atoms with Gasteiger partial charge in [0, 0.05) is 12.5 Å². The van der Waals surface area contributed by atoms with Crippen molar-refractivity contribution in [3.63, 3.8) is 0 Å². The van der Waals surface area contributed by atoms with E-state index >= 15 is 0 Å². The molecule has 9 nitrogen and oxygen atoms in total. The van der Waals surface area contributed by atoms with Gasteiger partial charge in [0.05, 0.1) is 24.7 Å². The summed E-state index contributed by atoms with van der Waals surface area (Å²) in [4.78, 5) is 7.28. The van der Waals surface area contributed by atoms with E-state index in [0.717, 1.165) is 77.0 Å². The Kier molecular flexibility index (Phi) is 7.34. The van der Waals surface area contributed by atoms with Crippen LogP contribution in [0.15, 0.2) is 60.8 Å². The van der Waals surface area contributed by atoms with Gasteiger partial charge in [-0.15, -0.1) is 5.10 Å². The van der Waals surface area contributed by atoms with Crippen molar-refractivity contribution in [1.82, 2.24) is 15.2 Å². The van der Waals surface area contributed by atoms with E-state index in [0.29, 0.717) is 13.2 Å². The van der Waals surface area contributed by atoms with Crippen molar-refractivity contribution in [2.45, 2.75) is 32.2 Å². The van der Waals surface area contributed by atoms with Crippen LogP contribution in [0.25, 0.3) is 33.1 Å². The normalized spacial score (nSPS) is 13.0. The molecule has 0 radical (unpaired) electrons. The van der Waals surface area contributed by atoms with Crippen LogP contribution in [0.1, 0.15) is 24.8 Å². The smallest absolute Gasteiger partial charge is 0.231 e. The maximum Gasteiger partial charge on any atom is 0.231 e. The van der Waals surface area contributed by atoms with Crippen molar-refractivity contribution in [3.05, 3.63) is 66.4 Å². The van der Waals surface area contributed by atoms with Gasteiger partial charge in [-0.05, 0) is 71.8 Å². The molecule has 0 saturated carbocycles. The molecule has 0 unspecified atom stereocenters. The van der Waals surface area contributed by atoms with Gasteiger partial charge >= 0.3 is 0 Å². The van der Waals surface area contributed by atoms with Gasteiger partial charge in [0.25, 0.3) is 0 Å². The lowest BCUT2D eigenvalue weighted by Gasteiger charge is -2.18. The second-order valence-corrected chi connectivity index (χ2v) is 9.76. The predicted molar refractivity (Wildman–Crippen MR) is 144 cm³/mol. The predicted octanol–water partition coefficient (Wildman–Crippen LogP) is 1.51. The third kappa shape index (κ3) is 4.77. The van der Waals surface area contributed by atoms with Gasteiger partial charge in [0.2, 0.25) is 12.5 Å². The SMILES string of the molecule is COc1ccc2cc3[n+](cc2c1OCCCCCOn1nnc2ccccc21)CCc1cc2c(cc1-3)OCO2.[Br-]. The van der Waals surface area contributed by atoms with E-state index in [1.54, 1.807) is 7.11 Å². The molecule has 0 amide bonds. The maximum absolute atomic E-state index is 6.33. The third-order valence-corrected chi connectivity index (χ3v) is 7.37. The quantitative estimate of drug-likeness (QED) is 0.186. The van der Waals surface area contributed by atoms with E-state index in [1.165, 1.54) is 21.7 Å². The topological polar surface area (TPSA) is 80.7 Å². The first-order valence-corrected chi connectivity index (χ1v) is 13.3. The summed E-state index contributed by atoms with van der Waals surface area (Å²) in [5, 5.41) is 10.3. The first-order valence-electron chi connectivity index (χ1n) is 13.3. The van der Waals surface area contributed by atoms with Gasteiger partial charge < -0.3 is 40.8 Å². The second kappa shape index (κ2) is 11.2. The highest BCUT2D eigenvalue weighted by Gasteiger charge is 2.28. The Morgan fingerprint density at radius 2 is 1.82 bits per heavy atom. The van der Waals surface area contributed by atoms with Crippen molar-refractivity contribution in [2.75, 3.05) is 27.1 Å². The van der Waals surface area contributed by atoms with Crippen LogP contribution in [0.4, 0.5) is 0 Å². The van der Waals surface area contributed by atoms with Crippen molar-refractivity contribution in [3.8, 4) is 34.3 Å². The van der Waals surface area contributed by atoms with E-state index in [2.05, 4.69) is 45.3 Å². The fraction of sp³-hybridized carbons (Fsp3) is 0.300. The lowest BCUT2D eigenvalue weighted by molar-refractivity contribution is -0.686. The molecule has 0 fully saturated rings. The Bertz CT molecular complexity index is 1690. The van der Waals surface area contributed by atoms with E-state index in [4.69, 9.17) is 23.8 Å². The van der Waals surface area contributed by atoms with Gasteiger partial charge in [-0.3, -0.25) is 0 Å². The molecule has 0 atom stereocenters. The molecule has 10 heteroatoms. The molecule has 3 aromatic carbocycles. The summed E-state index contributed by atoms with van der Waals surface area (Å²) in [6, 6.07) is 18.3. The molecule has 7 rings (SSSR count). The highest BCUT2D eigenvalue weighted by Crippen LogP contribution is 2.41. The maximum atomic E-state index is 6.33. The number of unbranched alkanes of at least 4 members (excludes halogenated alkanes) is 2. The Hall–Kier alpha value is -4.05. The van der Waals surface area contributed by atoms with Crippen LogP contribution in [-0.4, -0.2) is 42.3 Å². The van der Waals surface area contributed by atoms with Crippen molar-refractivity contribution >= 4 is 21.8 Å². The number of nitrogens with zero attached hydrogens (tertiary/aromatic N) is 4. The molecule has 206 valence electrons. The zero-order valence-corrected chi connectivity index (χ0v) is 23.7. The Balaban J connectivity index is 0.00000289. The highest BCUT2D eigenvalue weighted by molar-refractivity contribution is 5.91. The molecule has 2 aromatic heterocycles. The zero-order chi connectivity index (χ0) is 26.2. The fourth-order valence-electron chi connectivity index (χ4n) is 5.36. The molecule has 0 aliphatic carbocycles. The van der Waals surface area contributed by atoms with Crippen LogP contribution in [0.2, 0.25) is 0 Å². The lowest BCUT2D eigenvalue weighted by atomic mass is 9.95. The monoisotopic (exact) mass is 604 g/mol. The summed E-state index contributed by atoms with van der Waals surface area (Å²) in [6.07, 6.45) is 5.88. The number of hydrogen-bond acceptors (Lipinski definition) is 7. The van der Waals surface area contributed by atoms with Crippen LogP contribution < -0.4 is 45.3 Å². The number of methoxy groups -OCH3 is 1. The molecule has 0 saturated heterocycles. The Labute approximate surface area is 241 Å². The average molecular weight is 605 g/mol. The van der Waals surface area contributed by atoms with Gasteiger partial charge in [-0.2, -0.15) is 4.57 Å². The Morgan fingerprint density at radius 3 is 2.73 bits per heavy atom. The van der Waals surface area contributed by atoms with Crippen LogP contribution in [0.3, 0.4) is 0 Å². The molecule has 0 N–H and O–H groups in total. The molecule has 5 aromatic rings. The zero-order valence-electron chi connectivity index (χ0n) is 22.1. The summed E-state index contributed by atoms with van der Waals surface area (Å²) in [5.41, 5.74) is 5.33. The number of ether oxygens (including phenoxy) is 4. The second-order valence-electron chi connectivity index (χ2n) is 9.76. The van der Waals surface area contributed by atoms with Crippen LogP contribution in [0, 0.1) is 0 Å². The number of rotatable bonds is 9. The largest absolute Gasteiger partial charge is 1.00 e. The van der Waals surface area contributed by atoms with Crippen molar-refractivity contribution < 1.29 is 45.3 Å². The summed E-state index contributed by atoms with van der Waals surface area (Å²) in [5.74, 6) is 3.17. The summed E-state index contributed by atoms with van der Waals surface area (Å²) >= 11 is 0. The first kappa shape index (κ1) is 26.2. The van der Waals surface area contributed by atoms with E-state index in [1.807, 2.05) is 30.3 Å². The molecule has 2 aliphatic rings. The standard InChI is InChI=1S/C30H29N4O5.BrH/c1-35-27-10-9-20-15-26-22-17-29-28(37-19-38-29)16-21(22)11-12-33(26)18-23(20)30(27)36-13-5-2-6-14-39-34-25-8-4-3-7-24(25)31-32-34;/h3-4,7-10,15-18H,2,5-6,11-14,19H2,1H3;1H/q+1;/p-1. The molecular weight excluding hydrogens is 576 g/mol. The lowest BCUT2D eigenvalue weighted by Crippen LogP contribution is -3.00.